The fourth-order valence-corrected chi connectivity index (χ4v) is 2.32. The lowest BCUT2D eigenvalue weighted by Crippen LogP contribution is -2.33. The maximum Gasteiger partial charge on any atom is 0.368 e. The molecule has 0 radical (unpaired) electrons. The van der Waals surface area contributed by atoms with E-state index < -0.39 is 40.0 Å². The second-order valence-electron chi connectivity index (χ2n) is 4.55. The third kappa shape index (κ3) is 2.35. The van der Waals surface area contributed by atoms with E-state index in [1.54, 1.807) is 0 Å². The number of hydrogen-bond acceptors (Lipinski definition) is 4. The number of hydroxylamine groups is 2. The second kappa shape index (κ2) is 5.44. The summed E-state index contributed by atoms with van der Waals surface area (Å²) >= 11 is 5.54. The predicted octanol–water partition coefficient (Wildman–Crippen LogP) is 2.99. The Kier molecular flexibility index (Phi) is 3.57. The van der Waals surface area contributed by atoms with Gasteiger partial charge in [0.2, 0.25) is 0 Å². The number of fused-ring (bicyclic) bond motifs is 1. The molecule has 5 nitrogen and oxygen atoms in total. The molecule has 0 unspecified atom stereocenters. The predicted molar refractivity (Wildman–Crippen MR) is 73.7 cm³/mol. The van der Waals surface area contributed by atoms with Crippen LogP contribution < -0.4 is 0 Å². The van der Waals surface area contributed by atoms with Crippen molar-refractivity contribution >= 4 is 29.4 Å². The largest absolute Gasteiger partial charge is 0.368 e. The molecule has 0 bridgehead atoms. The normalized spacial score (nSPS) is 13.3. The zero-order valence-electron chi connectivity index (χ0n) is 11.2. The summed E-state index contributed by atoms with van der Waals surface area (Å²) in [5, 5.41) is -0.611. The van der Waals surface area contributed by atoms with Crippen LogP contribution in [0.4, 0.5) is 8.78 Å². The first-order chi connectivity index (χ1) is 10.9. The van der Waals surface area contributed by atoms with Crippen LogP contribution in [0.15, 0.2) is 36.4 Å². The fourth-order valence-electron chi connectivity index (χ4n) is 2.09. The number of amides is 2. The van der Waals surface area contributed by atoms with Crippen LogP contribution in [0.2, 0.25) is 5.02 Å². The molecule has 2 aromatic carbocycles. The number of nitrogens with zero attached hydrogens (tertiary/aromatic N) is 1. The van der Waals surface area contributed by atoms with Crippen LogP contribution in [-0.2, 0) is 4.84 Å². The Bertz CT molecular complexity index is 834. The first kappa shape index (κ1) is 15.1. The minimum Gasteiger partial charge on any atom is -0.324 e. The maximum absolute atomic E-state index is 13.7. The molecule has 0 saturated heterocycles. The standard InChI is InChI=1S/C15H6ClF2NO4/c16-12-10(18)6-5-9(17)11(12)15(22)23-19-13(20)7-3-1-2-4-8(7)14(19)21/h1-6H. The Hall–Kier alpha value is -2.80. The van der Waals surface area contributed by atoms with Gasteiger partial charge in [-0.3, -0.25) is 9.59 Å². The Morgan fingerprint density at radius 3 is 2.04 bits per heavy atom. The molecule has 0 fully saturated rings. The molecule has 0 aliphatic carbocycles. The van der Waals surface area contributed by atoms with Gasteiger partial charge in [0.25, 0.3) is 11.8 Å². The van der Waals surface area contributed by atoms with E-state index in [1.165, 1.54) is 24.3 Å². The molecule has 0 aromatic heterocycles. The van der Waals surface area contributed by atoms with E-state index in [1.807, 2.05) is 0 Å². The topological polar surface area (TPSA) is 63.7 Å². The van der Waals surface area contributed by atoms with Crippen molar-refractivity contribution in [1.29, 1.82) is 0 Å². The molecule has 0 spiro atoms. The third-order valence-corrected chi connectivity index (χ3v) is 3.55. The van der Waals surface area contributed by atoms with Gasteiger partial charge < -0.3 is 4.84 Å². The van der Waals surface area contributed by atoms with Crippen molar-refractivity contribution in [2.75, 3.05) is 0 Å². The van der Waals surface area contributed by atoms with E-state index in [9.17, 15) is 23.2 Å². The number of rotatable bonds is 2. The highest BCUT2D eigenvalue weighted by molar-refractivity contribution is 6.33. The number of benzene rings is 2. The lowest BCUT2D eigenvalue weighted by Gasteiger charge is -2.13. The number of halogens is 3. The average Bonchev–Trinajstić information content (AvgIpc) is 2.77. The summed E-state index contributed by atoms with van der Waals surface area (Å²) < 4.78 is 27.0. The van der Waals surface area contributed by atoms with Crippen LogP contribution in [0.25, 0.3) is 0 Å². The highest BCUT2D eigenvalue weighted by Crippen LogP contribution is 2.27. The van der Waals surface area contributed by atoms with Crippen LogP contribution in [0.1, 0.15) is 31.1 Å². The van der Waals surface area contributed by atoms with E-state index in [0.717, 1.165) is 6.07 Å². The Balaban J connectivity index is 1.93. The van der Waals surface area contributed by atoms with E-state index in [4.69, 9.17) is 11.6 Å². The van der Waals surface area contributed by atoms with E-state index >= 15 is 0 Å². The molecule has 2 aromatic rings. The molecule has 23 heavy (non-hydrogen) atoms. The van der Waals surface area contributed by atoms with Crippen LogP contribution >= 0.6 is 11.6 Å². The van der Waals surface area contributed by atoms with Crippen molar-refractivity contribution in [2.24, 2.45) is 0 Å². The summed E-state index contributed by atoms with van der Waals surface area (Å²) in [6.07, 6.45) is 0. The first-order valence-electron chi connectivity index (χ1n) is 6.25. The van der Waals surface area contributed by atoms with Gasteiger partial charge in [-0.05, 0) is 24.3 Å². The fraction of sp³-hybridized carbons (Fsp3) is 0. The average molecular weight is 338 g/mol. The summed E-state index contributed by atoms with van der Waals surface area (Å²) in [5.74, 6) is -5.40. The molecule has 0 atom stereocenters. The maximum atomic E-state index is 13.7. The van der Waals surface area contributed by atoms with Gasteiger partial charge in [0, 0.05) is 0 Å². The summed E-state index contributed by atoms with van der Waals surface area (Å²) in [7, 11) is 0. The molecule has 8 heteroatoms. The van der Waals surface area contributed by atoms with Gasteiger partial charge in [-0.2, -0.15) is 0 Å². The monoisotopic (exact) mass is 337 g/mol. The highest BCUT2D eigenvalue weighted by Gasteiger charge is 2.39. The van der Waals surface area contributed by atoms with Gasteiger partial charge in [0.05, 0.1) is 16.1 Å². The lowest BCUT2D eigenvalue weighted by molar-refractivity contribution is -0.0587. The van der Waals surface area contributed by atoms with Crippen molar-refractivity contribution in [2.45, 2.75) is 0 Å². The molecule has 0 N–H and O–H groups in total. The number of imide groups is 1. The van der Waals surface area contributed by atoms with Gasteiger partial charge in [-0.1, -0.05) is 28.8 Å². The van der Waals surface area contributed by atoms with E-state index in [-0.39, 0.29) is 16.2 Å². The zero-order chi connectivity index (χ0) is 16.7. The summed E-state index contributed by atoms with van der Waals surface area (Å²) in [5.41, 5.74) is -0.824. The Morgan fingerprint density at radius 2 is 1.48 bits per heavy atom. The molecule has 0 saturated carbocycles. The SMILES string of the molecule is O=C(ON1C(=O)c2ccccc2C1=O)c1c(F)ccc(F)c1Cl. The molecule has 1 aliphatic heterocycles. The summed E-state index contributed by atoms with van der Waals surface area (Å²) in [6.45, 7) is 0. The van der Waals surface area contributed by atoms with Crippen molar-refractivity contribution in [3.63, 3.8) is 0 Å². The summed E-state index contributed by atoms with van der Waals surface area (Å²) in [4.78, 5) is 40.7. The van der Waals surface area contributed by atoms with E-state index in [2.05, 4.69) is 4.84 Å². The third-order valence-electron chi connectivity index (χ3n) is 3.18. The molecule has 1 heterocycles. The van der Waals surface area contributed by atoms with Gasteiger partial charge in [0.1, 0.15) is 17.2 Å². The lowest BCUT2D eigenvalue weighted by atomic mass is 10.1. The molecule has 3 rings (SSSR count). The van der Waals surface area contributed by atoms with Crippen molar-refractivity contribution in [3.05, 3.63) is 69.7 Å². The second-order valence-corrected chi connectivity index (χ2v) is 4.93. The molecular formula is C15H6ClF2NO4. The Labute approximate surface area is 133 Å². The van der Waals surface area contributed by atoms with Crippen molar-refractivity contribution in [3.8, 4) is 0 Å². The van der Waals surface area contributed by atoms with Crippen LogP contribution in [0.5, 0.6) is 0 Å². The first-order valence-corrected chi connectivity index (χ1v) is 6.63. The minimum atomic E-state index is -1.46. The summed E-state index contributed by atoms with van der Waals surface area (Å²) in [6, 6.07) is 7.21. The molecule has 1 aliphatic rings. The molecular weight excluding hydrogens is 332 g/mol. The number of hydrogen-bond donors (Lipinski definition) is 0. The van der Waals surface area contributed by atoms with Crippen LogP contribution in [0.3, 0.4) is 0 Å². The van der Waals surface area contributed by atoms with Gasteiger partial charge in [-0.25, -0.2) is 13.6 Å². The number of carbonyl (C=O) groups excluding carboxylic acids is 3. The van der Waals surface area contributed by atoms with E-state index in [0.29, 0.717) is 6.07 Å². The highest BCUT2D eigenvalue weighted by atomic mass is 35.5. The zero-order valence-corrected chi connectivity index (χ0v) is 11.9. The number of carbonyl (C=O) groups is 3. The smallest absolute Gasteiger partial charge is 0.324 e. The van der Waals surface area contributed by atoms with Crippen molar-refractivity contribution < 1.29 is 28.0 Å². The molecule has 2 amide bonds. The van der Waals surface area contributed by atoms with Gasteiger partial charge in [0.15, 0.2) is 0 Å². The van der Waals surface area contributed by atoms with Gasteiger partial charge in [-0.15, -0.1) is 0 Å². The Morgan fingerprint density at radius 1 is 0.957 bits per heavy atom. The van der Waals surface area contributed by atoms with Crippen LogP contribution in [0, 0.1) is 11.6 Å². The quantitative estimate of drug-likeness (QED) is 0.624. The van der Waals surface area contributed by atoms with Gasteiger partial charge >= 0.3 is 5.97 Å². The van der Waals surface area contributed by atoms with Crippen LogP contribution in [-0.4, -0.2) is 22.8 Å². The minimum absolute atomic E-state index is 0.0381. The molecule has 116 valence electrons. The van der Waals surface area contributed by atoms with Crippen molar-refractivity contribution in [1.82, 2.24) is 5.06 Å².